The molecule has 0 aliphatic carbocycles. The molecule has 0 spiro atoms. The van der Waals surface area contributed by atoms with E-state index in [1.54, 1.807) is 29.2 Å². The summed E-state index contributed by atoms with van der Waals surface area (Å²) in [4.78, 5) is 14.2. The van der Waals surface area contributed by atoms with Gasteiger partial charge in [0.05, 0.1) is 4.90 Å². The van der Waals surface area contributed by atoms with Crippen molar-refractivity contribution >= 4 is 16.1 Å². The van der Waals surface area contributed by atoms with Crippen molar-refractivity contribution in [3.63, 3.8) is 0 Å². The Labute approximate surface area is 166 Å². The molecule has 7 nitrogen and oxygen atoms in total. The van der Waals surface area contributed by atoms with Crippen molar-refractivity contribution in [2.24, 2.45) is 0 Å². The Bertz CT molecular complexity index is 903. The number of benzene rings is 2. The number of aryl methyl sites for hydroxylation is 2. The van der Waals surface area contributed by atoms with Crippen molar-refractivity contribution in [2.75, 3.05) is 32.9 Å². The number of carbonyl (C=O) groups is 1. The molecule has 28 heavy (non-hydrogen) atoms. The van der Waals surface area contributed by atoms with E-state index in [2.05, 4.69) is 5.32 Å². The summed E-state index contributed by atoms with van der Waals surface area (Å²) in [6.07, 6.45) is 0. The lowest BCUT2D eigenvalue weighted by Gasteiger charge is -2.33. The summed E-state index contributed by atoms with van der Waals surface area (Å²) in [6, 6.07) is 14.1. The highest BCUT2D eigenvalue weighted by Gasteiger charge is 2.29. The molecule has 3 rings (SSSR count). The molecule has 2 aromatic rings. The molecule has 1 aliphatic rings. The van der Waals surface area contributed by atoms with Gasteiger partial charge in [0, 0.05) is 26.2 Å². The smallest absolute Gasteiger partial charge is 0.320 e. The highest BCUT2D eigenvalue weighted by atomic mass is 32.2. The number of urea groups is 1. The van der Waals surface area contributed by atoms with Gasteiger partial charge in [-0.2, -0.15) is 4.31 Å². The van der Waals surface area contributed by atoms with Crippen LogP contribution < -0.4 is 10.1 Å². The van der Waals surface area contributed by atoms with Crippen molar-refractivity contribution in [3.05, 3.63) is 59.7 Å². The van der Waals surface area contributed by atoms with Gasteiger partial charge in [0.15, 0.2) is 6.73 Å². The van der Waals surface area contributed by atoms with Gasteiger partial charge >= 0.3 is 6.03 Å². The normalized spacial score (nSPS) is 15.3. The van der Waals surface area contributed by atoms with Gasteiger partial charge in [-0.3, -0.25) is 0 Å². The molecule has 1 N–H and O–H groups in total. The largest absolute Gasteiger partial charge is 0.473 e. The number of nitrogens with zero attached hydrogens (tertiary/aromatic N) is 2. The first kappa shape index (κ1) is 20.2. The minimum Gasteiger partial charge on any atom is -0.473 e. The van der Waals surface area contributed by atoms with Crippen LogP contribution in [-0.2, 0) is 10.0 Å². The number of carbonyl (C=O) groups excluding carboxylic acids is 1. The van der Waals surface area contributed by atoms with Gasteiger partial charge in [0.25, 0.3) is 0 Å². The van der Waals surface area contributed by atoms with Gasteiger partial charge < -0.3 is 15.0 Å². The number of amides is 2. The predicted molar refractivity (Wildman–Crippen MR) is 107 cm³/mol. The lowest BCUT2D eigenvalue weighted by atomic mass is 10.2. The summed E-state index contributed by atoms with van der Waals surface area (Å²) in [5.41, 5.74) is 2.14. The van der Waals surface area contributed by atoms with E-state index in [0.717, 1.165) is 11.1 Å². The molecule has 150 valence electrons. The summed E-state index contributed by atoms with van der Waals surface area (Å²) < 4.78 is 32.4. The fourth-order valence-electron chi connectivity index (χ4n) is 2.92. The Kier molecular flexibility index (Phi) is 6.21. The quantitative estimate of drug-likeness (QED) is 0.778. The molecular formula is C20H25N3O4S. The van der Waals surface area contributed by atoms with Gasteiger partial charge in [-0.15, -0.1) is 0 Å². The second-order valence-corrected chi connectivity index (χ2v) is 8.73. The van der Waals surface area contributed by atoms with Gasteiger partial charge in [-0.1, -0.05) is 35.4 Å². The van der Waals surface area contributed by atoms with E-state index in [9.17, 15) is 13.2 Å². The van der Waals surface area contributed by atoms with Crippen molar-refractivity contribution in [2.45, 2.75) is 18.7 Å². The zero-order chi connectivity index (χ0) is 20.1. The fourth-order valence-corrected chi connectivity index (χ4v) is 4.34. The van der Waals surface area contributed by atoms with E-state index in [1.807, 2.05) is 38.1 Å². The van der Waals surface area contributed by atoms with Crippen LogP contribution in [0.3, 0.4) is 0 Å². The maximum absolute atomic E-state index is 12.7. The molecule has 0 radical (unpaired) electrons. The molecule has 1 fully saturated rings. The SMILES string of the molecule is Cc1ccc(OCNC(=O)N2CCN(S(=O)(=O)c3ccc(C)cc3)CC2)cc1. The lowest BCUT2D eigenvalue weighted by Crippen LogP contribution is -2.53. The number of nitrogens with one attached hydrogen (secondary N) is 1. The molecule has 0 saturated carbocycles. The summed E-state index contributed by atoms with van der Waals surface area (Å²) in [5, 5.41) is 2.70. The predicted octanol–water partition coefficient (Wildman–Crippen LogP) is 2.36. The first-order chi connectivity index (χ1) is 13.4. The van der Waals surface area contributed by atoms with Crippen LogP contribution in [0.25, 0.3) is 0 Å². The zero-order valence-corrected chi connectivity index (χ0v) is 16.9. The molecule has 1 heterocycles. The van der Waals surface area contributed by atoms with Crippen molar-refractivity contribution in [1.82, 2.24) is 14.5 Å². The molecule has 0 aromatic heterocycles. The highest BCUT2D eigenvalue weighted by molar-refractivity contribution is 7.89. The van der Waals surface area contributed by atoms with E-state index < -0.39 is 10.0 Å². The fraction of sp³-hybridized carbons (Fsp3) is 0.350. The van der Waals surface area contributed by atoms with Crippen LogP contribution in [0.1, 0.15) is 11.1 Å². The molecular weight excluding hydrogens is 378 g/mol. The average molecular weight is 404 g/mol. The molecule has 1 saturated heterocycles. The summed E-state index contributed by atoms with van der Waals surface area (Å²) in [5.74, 6) is 0.680. The maximum atomic E-state index is 12.7. The minimum atomic E-state index is -3.53. The van der Waals surface area contributed by atoms with E-state index in [-0.39, 0.29) is 30.7 Å². The van der Waals surface area contributed by atoms with Gasteiger partial charge in [-0.25, -0.2) is 13.2 Å². The minimum absolute atomic E-state index is 0.0593. The number of sulfonamides is 1. The zero-order valence-electron chi connectivity index (χ0n) is 16.1. The molecule has 2 aromatic carbocycles. The summed E-state index contributed by atoms with van der Waals surface area (Å²) in [7, 11) is -3.53. The molecule has 2 amide bonds. The molecule has 0 atom stereocenters. The summed E-state index contributed by atoms with van der Waals surface area (Å²) in [6.45, 7) is 5.16. The van der Waals surface area contributed by atoms with Crippen molar-refractivity contribution < 1.29 is 17.9 Å². The number of rotatable bonds is 5. The first-order valence-corrected chi connectivity index (χ1v) is 10.6. The van der Waals surface area contributed by atoms with Gasteiger partial charge in [0.1, 0.15) is 5.75 Å². The van der Waals surface area contributed by atoms with E-state index in [0.29, 0.717) is 18.8 Å². The number of piperazine rings is 1. The third-order valence-corrected chi connectivity index (χ3v) is 6.58. The van der Waals surface area contributed by atoms with Crippen LogP contribution in [0.15, 0.2) is 53.4 Å². The molecule has 0 unspecified atom stereocenters. The van der Waals surface area contributed by atoms with Crippen LogP contribution in [-0.4, -0.2) is 56.6 Å². The topological polar surface area (TPSA) is 79.0 Å². The molecule has 8 heteroatoms. The Morgan fingerprint density at radius 1 is 0.929 bits per heavy atom. The molecule has 1 aliphatic heterocycles. The van der Waals surface area contributed by atoms with E-state index >= 15 is 0 Å². The van der Waals surface area contributed by atoms with Crippen molar-refractivity contribution in [1.29, 1.82) is 0 Å². The van der Waals surface area contributed by atoms with Crippen LogP contribution >= 0.6 is 0 Å². The average Bonchev–Trinajstić information content (AvgIpc) is 2.70. The lowest BCUT2D eigenvalue weighted by molar-refractivity contribution is 0.162. The Morgan fingerprint density at radius 3 is 2.04 bits per heavy atom. The number of ether oxygens (including phenoxy) is 1. The molecule has 0 bridgehead atoms. The van der Waals surface area contributed by atoms with Crippen LogP contribution in [0, 0.1) is 13.8 Å². The Morgan fingerprint density at radius 2 is 1.46 bits per heavy atom. The third kappa shape index (κ3) is 4.82. The summed E-state index contributed by atoms with van der Waals surface area (Å²) >= 11 is 0. The second kappa shape index (κ2) is 8.62. The van der Waals surface area contributed by atoms with Crippen LogP contribution in [0.4, 0.5) is 4.79 Å². The third-order valence-electron chi connectivity index (χ3n) is 4.67. The van der Waals surface area contributed by atoms with Crippen molar-refractivity contribution in [3.8, 4) is 5.75 Å². The van der Waals surface area contributed by atoms with Crippen LogP contribution in [0.5, 0.6) is 5.75 Å². The maximum Gasteiger partial charge on any atom is 0.320 e. The Hall–Kier alpha value is -2.58. The monoisotopic (exact) mass is 403 g/mol. The van der Waals surface area contributed by atoms with E-state index in [1.165, 1.54) is 4.31 Å². The standard InChI is InChI=1S/C20H25N3O4S/c1-16-3-7-18(8-4-16)27-15-21-20(24)22-11-13-23(14-12-22)28(25,26)19-9-5-17(2)6-10-19/h3-10H,11-15H2,1-2H3,(H,21,24). The van der Waals surface area contributed by atoms with Crippen LogP contribution in [0.2, 0.25) is 0 Å². The highest BCUT2D eigenvalue weighted by Crippen LogP contribution is 2.18. The number of hydrogen-bond donors (Lipinski definition) is 1. The number of hydrogen-bond acceptors (Lipinski definition) is 4. The van der Waals surface area contributed by atoms with E-state index in [4.69, 9.17) is 4.74 Å². The first-order valence-electron chi connectivity index (χ1n) is 9.15. The Balaban J connectivity index is 1.48. The van der Waals surface area contributed by atoms with Gasteiger partial charge in [-0.05, 0) is 38.1 Å². The second-order valence-electron chi connectivity index (χ2n) is 6.79. The van der Waals surface area contributed by atoms with Gasteiger partial charge in [0.2, 0.25) is 10.0 Å².